The highest BCUT2D eigenvalue weighted by molar-refractivity contribution is 7.99. The number of benzene rings is 5. The number of aliphatic hydroxyl groups excluding tert-OH is 1. The first-order valence-electron chi connectivity index (χ1n) is 18.1. The van der Waals surface area contributed by atoms with E-state index >= 15 is 0 Å². The number of amides is 3. The maximum Gasteiger partial charge on any atom is 0.408 e. The fourth-order valence-electron chi connectivity index (χ4n) is 6.74. The van der Waals surface area contributed by atoms with Gasteiger partial charge in [-0.3, -0.25) is 14.5 Å². The lowest BCUT2D eigenvalue weighted by atomic mass is 9.97. The van der Waals surface area contributed by atoms with Crippen molar-refractivity contribution < 1.29 is 38.4 Å². The van der Waals surface area contributed by atoms with Gasteiger partial charge in [-0.25, -0.2) is 4.79 Å². The first-order valence-corrected chi connectivity index (χ1v) is 19.1. The Morgan fingerprint density at radius 2 is 1.55 bits per heavy atom. The summed E-state index contributed by atoms with van der Waals surface area (Å²) >= 11 is 1.68. The zero-order chi connectivity index (χ0) is 38.1. The van der Waals surface area contributed by atoms with E-state index in [-0.39, 0.29) is 44.3 Å². The van der Waals surface area contributed by atoms with Crippen LogP contribution in [0.15, 0.2) is 132 Å². The molecular formula is C44H42N2O8S. The van der Waals surface area contributed by atoms with Crippen molar-refractivity contribution in [1.29, 1.82) is 0 Å². The number of hydrogen-bond acceptors (Lipinski definition) is 9. The molecule has 0 bridgehead atoms. The van der Waals surface area contributed by atoms with Crippen molar-refractivity contribution >= 4 is 29.7 Å². The van der Waals surface area contributed by atoms with Crippen LogP contribution in [0.2, 0.25) is 0 Å². The third-order valence-corrected chi connectivity index (χ3v) is 10.9. The van der Waals surface area contributed by atoms with Crippen molar-refractivity contribution in [1.82, 2.24) is 10.2 Å². The number of methoxy groups -OCH3 is 1. The van der Waals surface area contributed by atoms with Crippen molar-refractivity contribution in [3.05, 3.63) is 155 Å². The number of para-hydroxylation sites is 1. The second kappa shape index (κ2) is 17.8. The first kappa shape index (κ1) is 37.8. The molecule has 2 aliphatic rings. The Kier molecular flexibility index (Phi) is 12.2. The predicted octanol–water partition coefficient (Wildman–Crippen LogP) is 7.75. The number of nitrogens with zero attached hydrogens (tertiary/aromatic N) is 1. The Bertz CT molecular complexity index is 2090. The van der Waals surface area contributed by atoms with Gasteiger partial charge in [-0.15, -0.1) is 11.8 Å². The summed E-state index contributed by atoms with van der Waals surface area (Å²) in [5.74, 6) is 0.666. The number of hydrogen-bond donors (Lipinski definition) is 2. The molecule has 0 aliphatic carbocycles. The molecule has 5 aromatic carbocycles. The molecule has 4 atom stereocenters. The molecule has 55 heavy (non-hydrogen) atoms. The van der Waals surface area contributed by atoms with Gasteiger partial charge in [-0.2, -0.15) is 0 Å². The van der Waals surface area contributed by atoms with Gasteiger partial charge >= 0.3 is 6.09 Å². The van der Waals surface area contributed by atoms with E-state index in [0.29, 0.717) is 12.2 Å². The van der Waals surface area contributed by atoms with Gasteiger partial charge in [0.15, 0.2) is 6.29 Å². The number of carbonyl (C=O) groups is 3. The molecule has 0 aromatic heterocycles. The maximum atomic E-state index is 13.3. The lowest BCUT2D eigenvalue weighted by molar-refractivity contribution is -0.245. The lowest BCUT2D eigenvalue weighted by Gasteiger charge is -2.36. The highest BCUT2D eigenvalue weighted by Crippen LogP contribution is 2.41. The number of thioether (sulfide) groups is 1. The van der Waals surface area contributed by atoms with Crippen LogP contribution < -0.4 is 10.1 Å². The number of nitrogens with one attached hydrogen (secondary N) is 1. The minimum Gasteiger partial charge on any atom is -0.496 e. The van der Waals surface area contributed by atoms with Crippen LogP contribution in [0.5, 0.6) is 5.75 Å². The minimum atomic E-state index is -0.994. The summed E-state index contributed by atoms with van der Waals surface area (Å²) in [7, 11) is 1.67. The SMILES string of the molecule is COc1ccccc1SCC1CC(c2ccc(CO)cc2)OC(c2ccc(-c3ccccc3CN3C(=O)CC(NC(=O)OCc4ccccc4)C3=O)cc2)O1. The quantitative estimate of drug-likeness (QED) is 0.0917. The van der Waals surface area contributed by atoms with Crippen molar-refractivity contribution in [2.75, 3.05) is 12.9 Å². The molecule has 2 heterocycles. The van der Waals surface area contributed by atoms with Crippen molar-refractivity contribution in [3.63, 3.8) is 0 Å². The maximum absolute atomic E-state index is 13.3. The second-order valence-electron chi connectivity index (χ2n) is 13.4. The summed E-state index contributed by atoms with van der Waals surface area (Å²) in [4.78, 5) is 41.1. The monoisotopic (exact) mass is 758 g/mol. The van der Waals surface area contributed by atoms with E-state index in [1.807, 2.05) is 127 Å². The van der Waals surface area contributed by atoms with E-state index in [1.54, 1.807) is 18.9 Å². The van der Waals surface area contributed by atoms with Crippen molar-refractivity contribution in [2.24, 2.45) is 0 Å². The normalized spacial score (nSPS) is 19.6. The molecule has 2 N–H and O–H groups in total. The topological polar surface area (TPSA) is 124 Å². The minimum absolute atomic E-state index is 0.0282. The molecule has 3 amide bonds. The molecule has 2 fully saturated rings. The molecule has 2 saturated heterocycles. The third-order valence-electron chi connectivity index (χ3n) is 9.70. The standard InChI is InChI=1S/C44H42N2O8S/c1-51-38-13-7-8-14-40(38)55-28-35-23-39(32-17-15-29(26-47)16-18-32)54-43(53-35)33-21-19-31(20-22-33)36-12-6-5-11-34(36)25-46-41(48)24-37(42(46)49)45-44(50)52-27-30-9-3-2-4-10-30/h2-22,35,37,39,43,47H,23-28H2,1H3,(H,45,50). The average Bonchev–Trinajstić information content (AvgIpc) is 3.49. The molecule has 11 heteroatoms. The summed E-state index contributed by atoms with van der Waals surface area (Å²) in [6, 6.07) is 39.5. The molecule has 5 aromatic rings. The van der Waals surface area contributed by atoms with Gasteiger partial charge < -0.3 is 29.4 Å². The van der Waals surface area contributed by atoms with Crippen LogP contribution in [0.1, 0.15) is 53.1 Å². The number of imide groups is 1. The van der Waals surface area contributed by atoms with Crippen LogP contribution >= 0.6 is 11.8 Å². The van der Waals surface area contributed by atoms with Crippen LogP contribution in [0.25, 0.3) is 11.1 Å². The fraction of sp³-hybridized carbons (Fsp3) is 0.250. The van der Waals surface area contributed by atoms with E-state index in [0.717, 1.165) is 49.6 Å². The number of ether oxygens (including phenoxy) is 4. The molecule has 0 spiro atoms. The summed E-state index contributed by atoms with van der Waals surface area (Å²) in [6.45, 7) is 0.0866. The smallest absolute Gasteiger partial charge is 0.408 e. The molecule has 282 valence electrons. The highest BCUT2D eigenvalue weighted by atomic mass is 32.2. The largest absolute Gasteiger partial charge is 0.496 e. The Balaban J connectivity index is 1.04. The molecule has 10 nitrogen and oxygen atoms in total. The predicted molar refractivity (Wildman–Crippen MR) is 208 cm³/mol. The first-order chi connectivity index (χ1) is 26.9. The van der Waals surface area contributed by atoms with E-state index in [4.69, 9.17) is 18.9 Å². The third kappa shape index (κ3) is 9.26. The zero-order valence-corrected chi connectivity index (χ0v) is 31.2. The number of carbonyl (C=O) groups excluding carboxylic acids is 3. The summed E-state index contributed by atoms with van der Waals surface area (Å²) in [5.41, 5.74) is 6.06. The lowest BCUT2D eigenvalue weighted by Crippen LogP contribution is -2.41. The van der Waals surface area contributed by atoms with E-state index in [1.165, 1.54) is 4.90 Å². The molecule has 4 unspecified atom stereocenters. The molecule has 7 rings (SSSR count). The van der Waals surface area contributed by atoms with Gasteiger partial charge in [0.2, 0.25) is 5.91 Å². The van der Waals surface area contributed by atoms with Crippen LogP contribution in [-0.4, -0.2) is 52.9 Å². The van der Waals surface area contributed by atoms with Crippen molar-refractivity contribution in [3.8, 4) is 16.9 Å². The zero-order valence-electron chi connectivity index (χ0n) is 30.3. The number of likely N-dealkylation sites (tertiary alicyclic amines) is 1. The van der Waals surface area contributed by atoms with E-state index in [2.05, 4.69) is 5.32 Å². The molecule has 0 saturated carbocycles. The van der Waals surface area contributed by atoms with Gasteiger partial charge in [0, 0.05) is 22.6 Å². The Morgan fingerprint density at radius 3 is 2.31 bits per heavy atom. The van der Waals surface area contributed by atoms with Gasteiger partial charge in [0.25, 0.3) is 5.91 Å². The summed E-state index contributed by atoms with van der Waals surface area (Å²) in [5, 5.41) is 12.1. The van der Waals surface area contributed by atoms with Gasteiger partial charge in [-0.05, 0) is 45.5 Å². The van der Waals surface area contributed by atoms with Gasteiger partial charge in [-0.1, -0.05) is 115 Å². The molecular weight excluding hydrogens is 717 g/mol. The van der Waals surface area contributed by atoms with Gasteiger partial charge in [0.05, 0.1) is 38.9 Å². The number of aliphatic hydroxyl groups is 1. The van der Waals surface area contributed by atoms with E-state index in [9.17, 15) is 19.5 Å². The van der Waals surface area contributed by atoms with Crippen LogP contribution in [-0.2, 0) is 43.6 Å². The number of rotatable bonds is 13. The second-order valence-corrected chi connectivity index (χ2v) is 14.4. The van der Waals surface area contributed by atoms with E-state index < -0.39 is 24.3 Å². The highest BCUT2D eigenvalue weighted by Gasteiger charge is 2.40. The van der Waals surface area contributed by atoms with Crippen LogP contribution in [0, 0.1) is 0 Å². The van der Waals surface area contributed by atoms with Crippen LogP contribution in [0.4, 0.5) is 4.79 Å². The molecule has 2 aliphatic heterocycles. The average molecular weight is 759 g/mol. The summed E-state index contributed by atoms with van der Waals surface area (Å²) < 4.78 is 24.0. The summed E-state index contributed by atoms with van der Waals surface area (Å²) in [6.07, 6.45) is -1.22. The van der Waals surface area contributed by atoms with Crippen LogP contribution in [0.3, 0.4) is 0 Å². The number of alkyl carbamates (subject to hydrolysis) is 1. The van der Waals surface area contributed by atoms with Gasteiger partial charge in [0.1, 0.15) is 18.4 Å². The van der Waals surface area contributed by atoms with Crippen molar-refractivity contribution in [2.45, 2.75) is 62.0 Å². The Hall–Kier alpha value is -5.46. The Morgan fingerprint density at radius 1 is 0.836 bits per heavy atom. The fourth-order valence-corrected chi connectivity index (χ4v) is 7.79. The Labute approximate surface area is 324 Å². The molecule has 0 radical (unpaired) electrons.